The summed E-state index contributed by atoms with van der Waals surface area (Å²) in [6.45, 7) is 0. The number of aromatic nitrogens is 3. The van der Waals surface area contributed by atoms with Crippen molar-refractivity contribution in [3.05, 3.63) is 78.5 Å². The highest BCUT2D eigenvalue weighted by atomic mass is 14.9. The van der Waals surface area contributed by atoms with Crippen molar-refractivity contribution in [1.29, 1.82) is 5.26 Å². The van der Waals surface area contributed by atoms with Crippen LogP contribution in [0.1, 0.15) is 5.56 Å². The zero-order valence-electron chi connectivity index (χ0n) is 12.7. The zero-order valence-corrected chi connectivity index (χ0v) is 12.7. The van der Waals surface area contributed by atoms with E-state index in [1.807, 2.05) is 60.7 Å². The van der Waals surface area contributed by atoms with Crippen LogP contribution in [0.5, 0.6) is 0 Å². The minimum Gasteiger partial charge on any atom is -0.244 e. The van der Waals surface area contributed by atoms with Crippen molar-refractivity contribution in [2.75, 3.05) is 0 Å². The van der Waals surface area contributed by atoms with E-state index in [2.05, 4.69) is 21.0 Å². The molecule has 2 aromatic carbocycles. The largest absolute Gasteiger partial charge is 0.244 e. The lowest BCUT2D eigenvalue weighted by Gasteiger charge is -2.06. The highest BCUT2D eigenvalue weighted by Crippen LogP contribution is 2.24. The van der Waals surface area contributed by atoms with Gasteiger partial charge in [-0.15, -0.1) is 0 Å². The Balaban J connectivity index is 1.83. The van der Waals surface area contributed by atoms with Gasteiger partial charge in [-0.3, -0.25) is 0 Å². The molecule has 2 heterocycles. The number of pyridine rings is 1. The molecule has 0 atom stereocenters. The van der Waals surface area contributed by atoms with Crippen molar-refractivity contribution in [3.8, 4) is 28.8 Å². The van der Waals surface area contributed by atoms with Crippen LogP contribution in [0, 0.1) is 11.3 Å². The normalized spacial score (nSPS) is 10.5. The minimum atomic E-state index is 0.574. The van der Waals surface area contributed by atoms with Gasteiger partial charge in [0.2, 0.25) is 0 Å². The van der Waals surface area contributed by atoms with E-state index in [0.29, 0.717) is 17.1 Å². The van der Waals surface area contributed by atoms with Gasteiger partial charge in [-0.2, -0.15) is 5.26 Å². The van der Waals surface area contributed by atoms with Crippen LogP contribution in [-0.2, 0) is 0 Å². The van der Waals surface area contributed by atoms with E-state index >= 15 is 0 Å². The van der Waals surface area contributed by atoms with Crippen LogP contribution in [0.2, 0.25) is 0 Å². The van der Waals surface area contributed by atoms with Crippen molar-refractivity contribution in [1.82, 2.24) is 15.0 Å². The van der Waals surface area contributed by atoms with Crippen molar-refractivity contribution < 1.29 is 0 Å². The first-order chi connectivity index (χ1) is 11.8. The summed E-state index contributed by atoms with van der Waals surface area (Å²) in [6, 6.07) is 23.2. The molecule has 0 spiro atoms. The van der Waals surface area contributed by atoms with Crippen LogP contribution in [0.3, 0.4) is 0 Å². The predicted octanol–water partition coefficient (Wildman–Crippen LogP) is 4.23. The van der Waals surface area contributed by atoms with Crippen LogP contribution >= 0.6 is 0 Å². The van der Waals surface area contributed by atoms with Gasteiger partial charge in [-0.25, -0.2) is 15.0 Å². The maximum Gasteiger partial charge on any atom is 0.178 e. The number of hydrogen-bond acceptors (Lipinski definition) is 4. The van der Waals surface area contributed by atoms with Crippen LogP contribution in [0.15, 0.2) is 72.9 Å². The second-order valence-electron chi connectivity index (χ2n) is 5.32. The maximum absolute atomic E-state index is 9.28. The molecule has 4 rings (SSSR count). The van der Waals surface area contributed by atoms with E-state index in [9.17, 15) is 5.26 Å². The minimum absolute atomic E-state index is 0.574. The van der Waals surface area contributed by atoms with Gasteiger partial charge >= 0.3 is 0 Å². The third-order valence-electron chi connectivity index (χ3n) is 3.79. The van der Waals surface area contributed by atoms with E-state index in [-0.39, 0.29) is 0 Å². The molecule has 2 aromatic heterocycles. The molecule has 0 saturated heterocycles. The molecule has 24 heavy (non-hydrogen) atoms. The van der Waals surface area contributed by atoms with Gasteiger partial charge in [0.1, 0.15) is 5.69 Å². The Kier molecular flexibility index (Phi) is 3.45. The SMILES string of the molecule is N#Cc1ccccc1-c1cccc(-c2ncc3ccccc3n2)n1. The fourth-order valence-corrected chi connectivity index (χ4v) is 2.61. The number of fused-ring (bicyclic) bond motifs is 1. The van der Waals surface area contributed by atoms with E-state index in [4.69, 9.17) is 0 Å². The molecule has 0 aliphatic rings. The lowest BCUT2D eigenvalue weighted by Crippen LogP contribution is -1.94. The summed E-state index contributed by atoms with van der Waals surface area (Å²) in [6.07, 6.45) is 1.80. The smallest absolute Gasteiger partial charge is 0.178 e. The van der Waals surface area contributed by atoms with Crippen LogP contribution < -0.4 is 0 Å². The molecule has 112 valence electrons. The Morgan fingerprint density at radius 1 is 0.750 bits per heavy atom. The average Bonchev–Trinajstić information content (AvgIpc) is 2.67. The first kappa shape index (κ1) is 14.0. The van der Waals surface area contributed by atoms with Gasteiger partial charge in [-0.1, -0.05) is 42.5 Å². The number of nitrogens with zero attached hydrogens (tertiary/aromatic N) is 4. The van der Waals surface area contributed by atoms with Gasteiger partial charge in [0.15, 0.2) is 5.82 Å². The van der Waals surface area contributed by atoms with Gasteiger partial charge in [0.25, 0.3) is 0 Å². The lowest BCUT2D eigenvalue weighted by molar-refractivity contribution is 1.18. The third kappa shape index (κ3) is 2.49. The highest BCUT2D eigenvalue weighted by molar-refractivity contribution is 5.79. The van der Waals surface area contributed by atoms with E-state index in [1.54, 1.807) is 12.3 Å². The molecule has 0 saturated carbocycles. The molecule has 0 unspecified atom stereocenters. The first-order valence-electron chi connectivity index (χ1n) is 7.54. The molecular formula is C20H12N4. The number of nitriles is 1. The standard InChI is InChI=1S/C20H12N4/c21-12-14-6-1-3-8-16(14)18-10-5-11-19(23-18)20-22-13-15-7-2-4-9-17(15)24-20/h1-11,13H. The summed E-state index contributed by atoms with van der Waals surface area (Å²) in [5.74, 6) is 0.574. The Morgan fingerprint density at radius 2 is 1.54 bits per heavy atom. The monoisotopic (exact) mass is 308 g/mol. The predicted molar refractivity (Wildman–Crippen MR) is 92.9 cm³/mol. The van der Waals surface area contributed by atoms with Crippen LogP contribution in [0.4, 0.5) is 0 Å². The Hall–Kier alpha value is -3.58. The summed E-state index contributed by atoms with van der Waals surface area (Å²) >= 11 is 0. The molecule has 0 aliphatic carbocycles. The van der Waals surface area contributed by atoms with Crippen molar-refractivity contribution >= 4 is 10.9 Å². The second-order valence-corrected chi connectivity index (χ2v) is 5.32. The summed E-state index contributed by atoms with van der Waals surface area (Å²) in [7, 11) is 0. The average molecular weight is 308 g/mol. The number of rotatable bonds is 2. The highest BCUT2D eigenvalue weighted by Gasteiger charge is 2.09. The second kappa shape index (κ2) is 5.90. The van der Waals surface area contributed by atoms with Gasteiger partial charge in [-0.05, 0) is 24.3 Å². The van der Waals surface area contributed by atoms with Gasteiger partial charge in [0, 0.05) is 17.1 Å². The first-order valence-corrected chi connectivity index (χ1v) is 7.54. The Morgan fingerprint density at radius 3 is 2.46 bits per heavy atom. The number of hydrogen-bond donors (Lipinski definition) is 0. The van der Waals surface area contributed by atoms with Crippen molar-refractivity contribution in [2.24, 2.45) is 0 Å². The van der Waals surface area contributed by atoms with Gasteiger partial charge in [0.05, 0.1) is 22.8 Å². The van der Waals surface area contributed by atoms with Crippen molar-refractivity contribution in [2.45, 2.75) is 0 Å². The zero-order chi connectivity index (χ0) is 16.4. The molecule has 0 N–H and O–H groups in total. The summed E-state index contributed by atoms with van der Waals surface area (Å²) in [5, 5.41) is 10.3. The fraction of sp³-hybridized carbons (Fsp3) is 0. The van der Waals surface area contributed by atoms with Crippen LogP contribution in [0.25, 0.3) is 33.7 Å². The quantitative estimate of drug-likeness (QED) is 0.556. The van der Waals surface area contributed by atoms with E-state index in [1.165, 1.54) is 0 Å². The van der Waals surface area contributed by atoms with E-state index < -0.39 is 0 Å². The van der Waals surface area contributed by atoms with Crippen LogP contribution in [-0.4, -0.2) is 15.0 Å². The molecule has 0 radical (unpaired) electrons. The molecule has 4 nitrogen and oxygen atoms in total. The molecular weight excluding hydrogens is 296 g/mol. The molecule has 0 aliphatic heterocycles. The lowest BCUT2D eigenvalue weighted by atomic mass is 10.0. The van der Waals surface area contributed by atoms with Crippen molar-refractivity contribution in [3.63, 3.8) is 0 Å². The van der Waals surface area contributed by atoms with Gasteiger partial charge < -0.3 is 0 Å². The summed E-state index contributed by atoms with van der Waals surface area (Å²) in [4.78, 5) is 13.7. The molecule has 4 aromatic rings. The summed E-state index contributed by atoms with van der Waals surface area (Å²) in [5.41, 5.74) is 3.71. The summed E-state index contributed by atoms with van der Waals surface area (Å²) < 4.78 is 0. The maximum atomic E-state index is 9.28. The number of para-hydroxylation sites is 1. The molecule has 0 fully saturated rings. The third-order valence-corrected chi connectivity index (χ3v) is 3.79. The number of benzene rings is 2. The fourth-order valence-electron chi connectivity index (χ4n) is 2.61. The molecule has 0 amide bonds. The van der Waals surface area contributed by atoms with E-state index in [0.717, 1.165) is 22.2 Å². The Bertz CT molecular complexity index is 1080. The molecule has 0 bridgehead atoms. The topological polar surface area (TPSA) is 62.5 Å². The Labute approximate surface area is 139 Å². The molecule has 4 heteroatoms.